The van der Waals surface area contributed by atoms with Crippen molar-refractivity contribution in [2.45, 2.75) is 49.2 Å². The average Bonchev–Trinajstić information content (AvgIpc) is 3.40. The maximum absolute atomic E-state index is 12.9. The fourth-order valence-electron chi connectivity index (χ4n) is 4.16. The zero-order valence-electron chi connectivity index (χ0n) is 18.2. The molecule has 166 valence electrons. The minimum atomic E-state index is -0.203. The number of halogens is 1. The first-order valence-corrected chi connectivity index (χ1v) is 12.1. The highest BCUT2D eigenvalue weighted by Crippen LogP contribution is 2.22. The van der Waals surface area contributed by atoms with Gasteiger partial charge in [0.1, 0.15) is 0 Å². The van der Waals surface area contributed by atoms with Crippen LogP contribution in [0.15, 0.2) is 30.5 Å². The molecule has 2 aromatic heterocycles. The molecule has 0 aliphatic carbocycles. The molecule has 1 unspecified atom stereocenters. The number of likely N-dealkylation sites (N-methyl/N-ethyl adjacent to an activating group) is 1. The molecule has 1 aliphatic rings. The number of fused-ring (bicyclic) bond motifs is 1. The van der Waals surface area contributed by atoms with Crippen molar-refractivity contribution in [3.63, 3.8) is 0 Å². The third-order valence-corrected chi connectivity index (χ3v) is 7.35. The third kappa shape index (κ3) is 4.87. The van der Waals surface area contributed by atoms with E-state index < -0.39 is 0 Å². The van der Waals surface area contributed by atoms with E-state index in [1.165, 1.54) is 10.9 Å². The third-order valence-electron chi connectivity index (χ3n) is 6.08. The number of H-pyrrole nitrogens is 2. The Morgan fingerprint density at radius 3 is 2.94 bits per heavy atom. The molecule has 1 saturated heterocycles. The van der Waals surface area contributed by atoms with E-state index in [0.29, 0.717) is 16.0 Å². The second kappa shape index (κ2) is 9.56. The van der Waals surface area contributed by atoms with Crippen LogP contribution in [0.25, 0.3) is 10.9 Å². The number of nitrogens with one attached hydrogen (secondary N) is 3. The Kier molecular flexibility index (Phi) is 6.80. The van der Waals surface area contributed by atoms with Crippen molar-refractivity contribution in [2.24, 2.45) is 0 Å². The van der Waals surface area contributed by atoms with Gasteiger partial charge < -0.3 is 15.2 Å². The number of rotatable bonds is 7. The number of aromatic amines is 2. The van der Waals surface area contributed by atoms with Gasteiger partial charge in [0, 0.05) is 42.3 Å². The predicted octanol–water partition coefficient (Wildman–Crippen LogP) is 3.33. The fourth-order valence-corrected chi connectivity index (χ4v) is 5.19. The molecule has 0 spiro atoms. The highest BCUT2D eigenvalue weighted by molar-refractivity contribution is 14.1. The van der Waals surface area contributed by atoms with Crippen molar-refractivity contribution in [2.75, 3.05) is 25.0 Å². The number of carbonyl (C=O) groups is 1. The number of anilines is 1. The molecule has 31 heavy (non-hydrogen) atoms. The van der Waals surface area contributed by atoms with E-state index in [2.05, 4.69) is 90.9 Å². The lowest BCUT2D eigenvalue weighted by atomic mass is 10.0. The lowest BCUT2D eigenvalue weighted by molar-refractivity contribution is 0.0924. The molecule has 0 bridgehead atoms. The summed E-state index contributed by atoms with van der Waals surface area (Å²) >= 11 is 2.44. The Labute approximate surface area is 196 Å². The summed E-state index contributed by atoms with van der Waals surface area (Å²) in [5, 5.41) is 11.5. The van der Waals surface area contributed by atoms with E-state index in [4.69, 9.17) is 0 Å². The lowest BCUT2D eigenvalue weighted by Crippen LogP contribution is -2.54. The van der Waals surface area contributed by atoms with E-state index in [9.17, 15) is 4.79 Å². The Hall–Kier alpha value is -2.14. The quantitative estimate of drug-likeness (QED) is 0.245. The first kappa shape index (κ1) is 22.1. The molecule has 0 saturated carbocycles. The van der Waals surface area contributed by atoms with Crippen LogP contribution in [0.1, 0.15) is 42.9 Å². The molecule has 3 N–H and O–H groups in total. The van der Waals surface area contributed by atoms with Crippen molar-refractivity contribution < 1.29 is 4.79 Å². The summed E-state index contributed by atoms with van der Waals surface area (Å²) < 4.78 is 0.377. The van der Waals surface area contributed by atoms with Crippen LogP contribution >= 0.6 is 22.6 Å². The van der Waals surface area contributed by atoms with Crippen LogP contribution in [0.5, 0.6) is 0 Å². The Morgan fingerprint density at radius 1 is 1.35 bits per heavy atom. The van der Waals surface area contributed by atoms with Crippen LogP contribution in [0, 0.1) is 0 Å². The summed E-state index contributed by atoms with van der Waals surface area (Å²) in [7, 11) is 2.14. The van der Waals surface area contributed by atoms with E-state index in [0.717, 1.165) is 37.9 Å². The summed E-state index contributed by atoms with van der Waals surface area (Å²) in [6, 6.07) is 8.69. The van der Waals surface area contributed by atoms with Crippen LogP contribution in [0.4, 0.5) is 5.95 Å². The number of carbonyl (C=O) groups excluding carboxylic acids is 1. The Balaban J connectivity index is 1.43. The fraction of sp³-hybridized carbons (Fsp3) is 0.500. The van der Waals surface area contributed by atoms with Crippen LogP contribution in [-0.4, -0.2) is 67.2 Å². The largest absolute Gasteiger partial charge is 0.361 e. The summed E-state index contributed by atoms with van der Waals surface area (Å²) in [6.45, 7) is 6.00. The molecule has 1 aromatic carbocycles. The van der Waals surface area contributed by atoms with Gasteiger partial charge in [-0.25, -0.2) is 0 Å². The maximum atomic E-state index is 12.9. The molecule has 9 heteroatoms. The normalized spacial score (nSPS) is 20.8. The van der Waals surface area contributed by atoms with E-state index in [1.54, 1.807) is 0 Å². The van der Waals surface area contributed by atoms with Crippen LogP contribution in [-0.2, 0) is 6.42 Å². The molecule has 0 radical (unpaired) electrons. The summed E-state index contributed by atoms with van der Waals surface area (Å²) in [6.07, 6.45) is 4.71. The Bertz CT molecular complexity index is 1020. The predicted molar refractivity (Wildman–Crippen MR) is 132 cm³/mol. The number of alkyl halides is 1. The van der Waals surface area contributed by atoms with Gasteiger partial charge >= 0.3 is 0 Å². The van der Waals surface area contributed by atoms with E-state index in [-0.39, 0.29) is 17.8 Å². The maximum Gasteiger partial charge on any atom is 0.288 e. The molecule has 1 aliphatic heterocycles. The van der Waals surface area contributed by atoms with Gasteiger partial charge in [-0.2, -0.15) is 4.98 Å². The minimum absolute atomic E-state index is 0.0349. The number of nitrogens with zero attached hydrogens (tertiary/aromatic N) is 4. The summed E-state index contributed by atoms with van der Waals surface area (Å²) in [5.41, 5.74) is 2.33. The van der Waals surface area contributed by atoms with Gasteiger partial charge in [0.15, 0.2) is 0 Å². The van der Waals surface area contributed by atoms with Gasteiger partial charge in [0.25, 0.3) is 5.91 Å². The van der Waals surface area contributed by atoms with E-state index >= 15 is 0 Å². The van der Waals surface area contributed by atoms with Crippen LogP contribution in [0.3, 0.4) is 0 Å². The first-order valence-electron chi connectivity index (χ1n) is 10.9. The number of hydrogen-bond donors (Lipinski definition) is 3. The lowest BCUT2D eigenvalue weighted by Gasteiger charge is -2.40. The number of para-hydroxylation sites is 1. The van der Waals surface area contributed by atoms with Gasteiger partial charge in [0.05, 0.1) is 4.05 Å². The second-order valence-corrected chi connectivity index (χ2v) is 9.80. The number of amides is 1. The van der Waals surface area contributed by atoms with Gasteiger partial charge in [-0.05, 0) is 38.4 Å². The van der Waals surface area contributed by atoms with Gasteiger partial charge in [0.2, 0.25) is 11.8 Å². The number of benzene rings is 1. The number of aromatic nitrogens is 4. The number of piperazine rings is 1. The standard InChI is InChI=1S/C22H30IN7O/c1-4-7-16(10-15-11-24-18-9-6-5-8-17(15)18)25-21(31)20-26-22(28-27-20)30-12-14(2)29(3)19(23)13-30/h5-6,8-9,11,14,16,19,24H,4,7,10,12-13H2,1-3H3,(H,25,31)(H,26,27,28)/t14-,16?,19-/m1/s1. The van der Waals surface area contributed by atoms with Crippen molar-refractivity contribution in [1.29, 1.82) is 0 Å². The van der Waals surface area contributed by atoms with Crippen molar-refractivity contribution >= 4 is 45.3 Å². The smallest absolute Gasteiger partial charge is 0.288 e. The zero-order chi connectivity index (χ0) is 22.0. The zero-order valence-corrected chi connectivity index (χ0v) is 20.4. The van der Waals surface area contributed by atoms with Gasteiger partial charge in [-0.1, -0.05) is 54.1 Å². The monoisotopic (exact) mass is 535 g/mol. The molecule has 1 fully saturated rings. The molecule has 4 rings (SSSR count). The van der Waals surface area contributed by atoms with Crippen LogP contribution < -0.4 is 10.2 Å². The molecule has 8 nitrogen and oxygen atoms in total. The van der Waals surface area contributed by atoms with Crippen LogP contribution in [0.2, 0.25) is 0 Å². The van der Waals surface area contributed by atoms with Crippen molar-refractivity contribution in [3.8, 4) is 0 Å². The molecular formula is C22H30IN7O. The molecule has 3 heterocycles. The molecule has 3 atom stereocenters. The molecular weight excluding hydrogens is 505 g/mol. The summed E-state index contributed by atoms with van der Waals surface area (Å²) in [5.74, 6) is 0.660. The topological polar surface area (TPSA) is 92.9 Å². The average molecular weight is 535 g/mol. The van der Waals surface area contributed by atoms with Gasteiger partial charge in [-0.3, -0.25) is 14.8 Å². The SMILES string of the molecule is CCCC(Cc1c[nH]c2ccccc12)NC(=O)c1nc(N2C[C@@H](C)N(C)[C@@H](I)C2)n[nH]1. The summed E-state index contributed by atoms with van der Waals surface area (Å²) in [4.78, 5) is 25.2. The number of hydrogen-bond acceptors (Lipinski definition) is 5. The highest BCUT2D eigenvalue weighted by atomic mass is 127. The Morgan fingerprint density at radius 2 is 2.16 bits per heavy atom. The molecule has 1 amide bonds. The minimum Gasteiger partial charge on any atom is -0.361 e. The molecule has 3 aromatic rings. The first-order chi connectivity index (χ1) is 15.0. The van der Waals surface area contributed by atoms with Crippen molar-refractivity contribution in [3.05, 3.63) is 41.9 Å². The van der Waals surface area contributed by atoms with Crippen molar-refractivity contribution in [1.82, 2.24) is 30.4 Å². The highest BCUT2D eigenvalue weighted by Gasteiger charge is 2.30. The van der Waals surface area contributed by atoms with E-state index in [1.807, 2.05) is 18.3 Å². The second-order valence-electron chi connectivity index (χ2n) is 8.36. The van der Waals surface area contributed by atoms with Gasteiger partial charge in [-0.15, -0.1) is 5.10 Å².